The molecule has 2 heterocycles. The molecule has 1 fully saturated rings. The van der Waals surface area contributed by atoms with Gasteiger partial charge >= 0.3 is 0 Å². The summed E-state index contributed by atoms with van der Waals surface area (Å²) >= 11 is 0. The number of hydrogen-bond acceptors (Lipinski definition) is 4. The van der Waals surface area contributed by atoms with Crippen LogP contribution in [0.5, 0.6) is 0 Å². The number of amides is 2. The lowest BCUT2D eigenvalue weighted by molar-refractivity contribution is -0.136. The molecule has 102 valence electrons. The van der Waals surface area contributed by atoms with E-state index in [2.05, 4.69) is 11.7 Å². The standard InChI is InChI=1S/C13H17N3O3/c1-8(2)12(17)15-6-5-7-16(15)13(18)11-9(3)14-19-10(11)4/h1,5-7H2,2-4H3. The molecule has 1 aromatic heterocycles. The van der Waals surface area contributed by atoms with Crippen LogP contribution in [-0.2, 0) is 4.79 Å². The van der Waals surface area contributed by atoms with E-state index in [1.54, 1.807) is 20.8 Å². The molecule has 0 radical (unpaired) electrons. The highest BCUT2D eigenvalue weighted by atomic mass is 16.5. The highest BCUT2D eigenvalue weighted by Gasteiger charge is 2.33. The molecule has 0 saturated carbocycles. The number of rotatable bonds is 2. The second-order valence-electron chi connectivity index (χ2n) is 4.69. The maximum absolute atomic E-state index is 12.5. The van der Waals surface area contributed by atoms with Crippen molar-refractivity contribution in [2.45, 2.75) is 27.2 Å². The summed E-state index contributed by atoms with van der Waals surface area (Å²) in [5.74, 6) is -0.00177. The van der Waals surface area contributed by atoms with E-state index in [9.17, 15) is 9.59 Å². The predicted molar refractivity (Wildman–Crippen MR) is 68.2 cm³/mol. The fourth-order valence-electron chi connectivity index (χ4n) is 2.17. The van der Waals surface area contributed by atoms with Gasteiger partial charge in [0.15, 0.2) is 0 Å². The number of carbonyl (C=O) groups is 2. The lowest BCUT2D eigenvalue weighted by Gasteiger charge is -2.27. The number of aromatic nitrogens is 1. The van der Waals surface area contributed by atoms with Crippen molar-refractivity contribution in [3.05, 3.63) is 29.2 Å². The summed E-state index contributed by atoms with van der Waals surface area (Å²) in [6.07, 6.45) is 0.758. The second-order valence-corrected chi connectivity index (χ2v) is 4.69. The summed E-state index contributed by atoms with van der Waals surface area (Å²) in [5.41, 5.74) is 1.39. The highest BCUT2D eigenvalue weighted by Crippen LogP contribution is 2.21. The van der Waals surface area contributed by atoms with Crippen molar-refractivity contribution in [1.29, 1.82) is 0 Å². The van der Waals surface area contributed by atoms with E-state index in [0.29, 0.717) is 35.7 Å². The van der Waals surface area contributed by atoms with Gasteiger partial charge in [0.25, 0.3) is 11.8 Å². The van der Waals surface area contributed by atoms with Crippen molar-refractivity contribution in [2.24, 2.45) is 0 Å². The van der Waals surface area contributed by atoms with Crippen LogP contribution >= 0.6 is 0 Å². The van der Waals surface area contributed by atoms with E-state index in [0.717, 1.165) is 6.42 Å². The summed E-state index contributed by atoms with van der Waals surface area (Å²) < 4.78 is 5.00. The molecule has 0 N–H and O–H groups in total. The molecule has 6 nitrogen and oxygen atoms in total. The number of hydrazine groups is 1. The molecule has 1 aliphatic heterocycles. The first-order chi connectivity index (χ1) is 8.93. The predicted octanol–water partition coefficient (Wildman–Crippen LogP) is 1.46. The Morgan fingerprint density at radius 1 is 1.26 bits per heavy atom. The van der Waals surface area contributed by atoms with Gasteiger partial charge in [-0.05, 0) is 27.2 Å². The molecule has 0 bridgehead atoms. The molecule has 1 aliphatic rings. The van der Waals surface area contributed by atoms with E-state index in [4.69, 9.17) is 4.52 Å². The molecule has 0 spiro atoms. The van der Waals surface area contributed by atoms with Crippen molar-refractivity contribution >= 4 is 11.8 Å². The molecule has 0 atom stereocenters. The van der Waals surface area contributed by atoms with Gasteiger partial charge < -0.3 is 4.52 Å². The van der Waals surface area contributed by atoms with Crippen LogP contribution in [0.1, 0.15) is 35.2 Å². The van der Waals surface area contributed by atoms with Gasteiger partial charge in [-0.1, -0.05) is 11.7 Å². The minimum Gasteiger partial charge on any atom is -0.361 e. The fourth-order valence-corrected chi connectivity index (χ4v) is 2.17. The third kappa shape index (κ3) is 2.25. The molecular weight excluding hydrogens is 246 g/mol. The molecule has 0 aromatic carbocycles. The van der Waals surface area contributed by atoms with Gasteiger partial charge in [-0.15, -0.1) is 0 Å². The van der Waals surface area contributed by atoms with Gasteiger partial charge in [0.2, 0.25) is 0 Å². The Morgan fingerprint density at radius 2 is 1.89 bits per heavy atom. The fraction of sp³-hybridized carbons (Fsp3) is 0.462. The van der Waals surface area contributed by atoms with Gasteiger partial charge in [-0.2, -0.15) is 0 Å². The third-order valence-electron chi connectivity index (χ3n) is 3.11. The van der Waals surface area contributed by atoms with E-state index in [1.165, 1.54) is 10.0 Å². The largest absolute Gasteiger partial charge is 0.361 e. The molecule has 0 aliphatic carbocycles. The molecule has 1 saturated heterocycles. The van der Waals surface area contributed by atoms with E-state index < -0.39 is 0 Å². The molecule has 1 aromatic rings. The Bertz CT molecular complexity index is 528. The van der Waals surface area contributed by atoms with E-state index >= 15 is 0 Å². The minimum absolute atomic E-state index is 0.224. The van der Waals surface area contributed by atoms with Crippen LogP contribution in [0.25, 0.3) is 0 Å². The Balaban J connectivity index is 2.28. The van der Waals surface area contributed by atoms with Crippen molar-refractivity contribution in [3.63, 3.8) is 0 Å². The summed E-state index contributed by atoms with van der Waals surface area (Å²) in [6, 6.07) is 0. The van der Waals surface area contributed by atoms with Crippen LogP contribution in [0.4, 0.5) is 0 Å². The molecule has 2 rings (SSSR count). The van der Waals surface area contributed by atoms with Gasteiger partial charge in [0.05, 0.1) is 5.69 Å². The molecular formula is C13H17N3O3. The maximum Gasteiger partial charge on any atom is 0.277 e. The van der Waals surface area contributed by atoms with Crippen molar-refractivity contribution in [2.75, 3.05) is 13.1 Å². The minimum atomic E-state index is -0.247. The number of hydrogen-bond donors (Lipinski definition) is 0. The summed E-state index contributed by atoms with van der Waals surface area (Å²) in [4.78, 5) is 24.5. The van der Waals surface area contributed by atoms with Gasteiger partial charge in [-0.25, -0.2) is 10.0 Å². The zero-order valence-corrected chi connectivity index (χ0v) is 11.4. The topological polar surface area (TPSA) is 66.7 Å². The van der Waals surface area contributed by atoms with Gasteiger partial charge in [0.1, 0.15) is 11.3 Å². The van der Waals surface area contributed by atoms with E-state index in [-0.39, 0.29) is 11.8 Å². The van der Waals surface area contributed by atoms with Crippen LogP contribution in [0.3, 0.4) is 0 Å². The normalized spacial score (nSPS) is 14.9. The average Bonchev–Trinajstić information content (AvgIpc) is 2.95. The molecule has 19 heavy (non-hydrogen) atoms. The van der Waals surface area contributed by atoms with Gasteiger partial charge in [-0.3, -0.25) is 9.59 Å². The molecule has 2 amide bonds. The SMILES string of the molecule is C=C(C)C(=O)N1CCCN1C(=O)c1c(C)noc1C. The van der Waals surface area contributed by atoms with Crippen LogP contribution in [0.15, 0.2) is 16.7 Å². The lowest BCUT2D eigenvalue weighted by atomic mass is 10.2. The Hall–Kier alpha value is -2.11. The lowest BCUT2D eigenvalue weighted by Crippen LogP contribution is -2.45. The molecule has 0 unspecified atom stereocenters. The Kier molecular flexibility index (Phi) is 3.42. The number of aryl methyl sites for hydroxylation is 2. The second kappa shape index (κ2) is 4.87. The summed E-state index contributed by atoms with van der Waals surface area (Å²) in [7, 11) is 0. The smallest absolute Gasteiger partial charge is 0.277 e. The third-order valence-corrected chi connectivity index (χ3v) is 3.11. The monoisotopic (exact) mass is 263 g/mol. The van der Waals surface area contributed by atoms with Crippen molar-refractivity contribution in [1.82, 2.24) is 15.2 Å². The van der Waals surface area contributed by atoms with Gasteiger partial charge in [0, 0.05) is 18.7 Å². The molecule has 6 heteroatoms. The Labute approximate surface area is 111 Å². The van der Waals surface area contributed by atoms with Crippen LogP contribution in [0.2, 0.25) is 0 Å². The number of nitrogens with zero attached hydrogens (tertiary/aromatic N) is 3. The van der Waals surface area contributed by atoms with Crippen LogP contribution in [0, 0.1) is 13.8 Å². The first-order valence-electron chi connectivity index (χ1n) is 6.15. The maximum atomic E-state index is 12.5. The van der Waals surface area contributed by atoms with Crippen LogP contribution in [-0.4, -0.2) is 40.1 Å². The first-order valence-corrected chi connectivity index (χ1v) is 6.15. The van der Waals surface area contributed by atoms with Crippen LogP contribution < -0.4 is 0 Å². The summed E-state index contributed by atoms with van der Waals surface area (Å²) in [6.45, 7) is 9.72. The highest BCUT2D eigenvalue weighted by molar-refractivity contribution is 5.99. The van der Waals surface area contributed by atoms with Crippen molar-refractivity contribution < 1.29 is 14.1 Å². The quantitative estimate of drug-likeness (QED) is 0.757. The zero-order chi connectivity index (χ0) is 14.2. The zero-order valence-electron chi connectivity index (χ0n) is 11.4. The average molecular weight is 263 g/mol. The van der Waals surface area contributed by atoms with E-state index in [1.807, 2.05) is 0 Å². The Morgan fingerprint density at radius 3 is 2.42 bits per heavy atom. The van der Waals surface area contributed by atoms with Crippen molar-refractivity contribution in [3.8, 4) is 0 Å². The first kappa shape index (κ1) is 13.3. The number of carbonyl (C=O) groups excluding carboxylic acids is 2. The summed E-state index contributed by atoms with van der Waals surface area (Å²) in [5, 5.41) is 6.66.